The van der Waals surface area contributed by atoms with Gasteiger partial charge in [-0.1, -0.05) is 36.7 Å². The second-order valence-electron chi connectivity index (χ2n) is 6.65. The molecular formula is C20H22ClNO3. The minimum absolute atomic E-state index is 0.0187. The molecule has 3 rings (SSSR count). The third kappa shape index (κ3) is 3.36. The van der Waals surface area contributed by atoms with Gasteiger partial charge in [-0.25, -0.2) is 4.79 Å². The van der Waals surface area contributed by atoms with Crippen LogP contribution in [-0.4, -0.2) is 22.8 Å². The molecular weight excluding hydrogens is 338 g/mol. The Labute approximate surface area is 152 Å². The van der Waals surface area contributed by atoms with Gasteiger partial charge >= 0.3 is 5.97 Å². The Morgan fingerprint density at radius 1 is 1.36 bits per heavy atom. The van der Waals surface area contributed by atoms with E-state index < -0.39 is 5.97 Å². The molecule has 0 fully saturated rings. The van der Waals surface area contributed by atoms with Crippen molar-refractivity contribution in [1.82, 2.24) is 4.98 Å². The van der Waals surface area contributed by atoms with Crippen LogP contribution in [0.3, 0.4) is 0 Å². The van der Waals surface area contributed by atoms with Gasteiger partial charge in [0, 0.05) is 22.7 Å². The highest BCUT2D eigenvalue weighted by Gasteiger charge is 2.33. The summed E-state index contributed by atoms with van der Waals surface area (Å²) in [5.74, 6) is -0.337. The number of fused-ring (bicyclic) bond motifs is 1. The van der Waals surface area contributed by atoms with E-state index in [1.165, 1.54) is 0 Å². The zero-order chi connectivity index (χ0) is 18.1. The molecule has 0 saturated carbocycles. The monoisotopic (exact) mass is 359 g/mol. The molecule has 2 atom stereocenters. The second kappa shape index (κ2) is 7.04. The quantitative estimate of drug-likeness (QED) is 0.794. The van der Waals surface area contributed by atoms with Crippen molar-refractivity contribution in [2.75, 3.05) is 0 Å². The van der Waals surface area contributed by atoms with Crippen LogP contribution in [0.4, 0.5) is 0 Å². The standard InChI is InChI=1S/C20H22ClNO3/c1-4-11(2)25-20(24)19-12(3)18-16(22-19)9-13(10-17(18)23)14-7-5-6-8-15(14)21/h5-8,11,13,22H,4,9-10H2,1-3H3/t11-,13+/m1/s1. The van der Waals surface area contributed by atoms with Gasteiger partial charge in [-0.3, -0.25) is 4.79 Å². The van der Waals surface area contributed by atoms with Crippen LogP contribution in [0, 0.1) is 6.92 Å². The summed E-state index contributed by atoms with van der Waals surface area (Å²) in [5, 5.41) is 0.670. The van der Waals surface area contributed by atoms with Crippen LogP contribution in [0.5, 0.6) is 0 Å². The van der Waals surface area contributed by atoms with Crippen molar-refractivity contribution in [2.24, 2.45) is 0 Å². The molecule has 0 spiro atoms. The summed E-state index contributed by atoms with van der Waals surface area (Å²) in [6.45, 7) is 5.62. The molecule has 0 aliphatic heterocycles. The largest absolute Gasteiger partial charge is 0.458 e. The Balaban J connectivity index is 1.92. The number of carbonyl (C=O) groups is 2. The van der Waals surface area contributed by atoms with Crippen molar-refractivity contribution in [1.29, 1.82) is 0 Å². The van der Waals surface area contributed by atoms with Crippen molar-refractivity contribution >= 4 is 23.4 Å². The van der Waals surface area contributed by atoms with E-state index in [2.05, 4.69) is 4.98 Å². The van der Waals surface area contributed by atoms with Crippen molar-refractivity contribution in [3.8, 4) is 0 Å². The fourth-order valence-electron chi connectivity index (χ4n) is 3.39. The molecule has 2 aromatic rings. The number of hydrogen-bond donors (Lipinski definition) is 1. The average Bonchev–Trinajstić information content (AvgIpc) is 2.92. The molecule has 1 aromatic carbocycles. The number of aromatic nitrogens is 1. The van der Waals surface area contributed by atoms with E-state index in [9.17, 15) is 9.59 Å². The number of ether oxygens (including phenoxy) is 1. The molecule has 132 valence electrons. The van der Waals surface area contributed by atoms with Gasteiger partial charge in [-0.05, 0) is 49.8 Å². The molecule has 5 heteroatoms. The van der Waals surface area contributed by atoms with E-state index in [1.807, 2.05) is 38.1 Å². The lowest BCUT2D eigenvalue weighted by Gasteiger charge is -2.22. The van der Waals surface area contributed by atoms with Gasteiger partial charge in [-0.15, -0.1) is 0 Å². The Hall–Kier alpha value is -2.07. The van der Waals surface area contributed by atoms with Crippen molar-refractivity contribution in [3.63, 3.8) is 0 Å². The fourth-order valence-corrected chi connectivity index (χ4v) is 3.68. The van der Waals surface area contributed by atoms with Crippen LogP contribution < -0.4 is 0 Å². The lowest BCUT2D eigenvalue weighted by atomic mass is 9.81. The fraction of sp³-hybridized carbons (Fsp3) is 0.400. The van der Waals surface area contributed by atoms with Gasteiger partial charge in [0.1, 0.15) is 5.69 Å². The molecule has 1 aromatic heterocycles. The van der Waals surface area contributed by atoms with Crippen LogP contribution in [0.25, 0.3) is 0 Å². The number of ketones is 1. The van der Waals surface area contributed by atoms with Crippen LogP contribution in [0.15, 0.2) is 24.3 Å². The van der Waals surface area contributed by atoms with Gasteiger partial charge < -0.3 is 9.72 Å². The third-order valence-corrected chi connectivity index (χ3v) is 5.27. The molecule has 1 heterocycles. The number of Topliss-reactive ketones (excluding diaryl/α,β-unsaturated/α-hetero) is 1. The predicted octanol–water partition coefficient (Wildman–Crippen LogP) is 4.84. The summed E-state index contributed by atoms with van der Waals surface area (Å²) in [7, 11) is 0. The van der Waals surface area contributed by atoms with Gasteiger partial charge in [-0.2, -0.15) is 0 Å². The molecule has 1 aliphatic rings. The van der Waals surface area contributed by atoms with E-state index in [-0.39, 0.29) is 17.8 Å². The highest BCUT2D eigenvalue weighted by atomic mass is 35.5. The maximum Gasteiger partial charge on any atom is 0.355 e. The molecule has 0 amide bonds. The topological polar surface area (TPSA) is 59.2 Å². The normalized spacial score (nSPS) is 17.9. The number of rotatable bonds is 4. The molecule has 1 N–H and O–H groups in total. The Kier molecular flexibility index (Phi) is 5.00. The maximum atomic E-state index is 12.7. The summed E-state index contributed by atoms with van der Waals surface area (Å²) < 4.78 is 5.41. The van der Waals surface area contributed by atoms with E-state index in [4.69, 9.17) is 16.3 Å². The van der Waals surface area contributed by atoms with Crippen molar-refractivity contribution < 1.29 is 14.3 Å². The van der Waals surface area contributed by atoms with Gasteiger partial charge in [0.05, 0.1) is 6.10 Å². The molecule has 1 aliphatic carbocycles. The van der Waals surface area contributed by atoms with E-state index in [1.54, 1.807) is 6.92 Å². The lowest BCUT2D eigenvalue weighted by molar-refractivity contribution is 0.0327. The molecule has 0 saturated heterocycles. The average molecular weight is 360 g/mol. The minimum atomic E-state index is -0.400. The molecule has 0 unspecified atom stereocenters. The Morgan fingerprint density at radius 3 is 2.76 bits per heavy atom. The SMILES string of the molecule is CC[C@@H](C)OC(=O)c1[nH]c2c(c1C)C(=O)C[C@@H](c1ccccc1Cl)C2. The number of nitrogens with one attached hydrogen (secondary N) is 1. The molecule has 0 radical (unpaired) electrons. The summed E-state index contributed by atoms with van der Waals surface area (Å²) in [6, 6.07) is 7.60. The molecule has 4 nitrogen and oxygen atoms in total. The van der Waals surface area contributed by atoms with Gasteiger partial charge in [0.15, 0.2) is 5.78 Å². The number of halogens is 1. The van der Waals surface area contributed by atoms with Crippen LogP contribution >= 0.6 is 11.6 Å². The smallest absolute Gasteiger partial charge is 0.355 e. The first kappa shape index (κ1) is 17.7. The summed E-state index contributed by atoms with van der Waals surface area (Å²) >= 11 is 6.30. The lowest BCUT2D eigenvalue weighted by Crippen LogP contribution is -2.18. The number of H-pyrrole nitrogens is 1. The van der Waals surface area contributed by atoms with Crippen molar-refractivity contribution in [2.45, 2.75) is 52.1 Å². The number of carbonyl (C=O) groups excluding carboxylic acids is 2. The number of esters is 1. The Bertz CT molecular complexity index is 824. The molecule has 25 heavy (non-hydrogen) atoms. The first-order chi connectivity index (χ1) is 11.9. The number of aromatic amines is 1. The summed E-state index contributed by atoms with van der Waals surface area (Å²) in [4.78, 5) is 28.2. The maximum absolute atomic E-state index is 12.7. The summed E-state index contributed by atoms with van der Waals surface area (Å²) in [5.41, 5.74) is 3.48. The first-order valence-electron chi connectivity index (χ1n) is 8.62. The number of benzene rings is 1. The van der Waals surface area contributed by atoms with Crippen LogP contribution in [0.2, 0.25) is 5.02 Å². The minimum Gasteiger partial charge on any atom is -0.458 e. The van der Waals surface area contributed by atoms with Crippen LogP contribution in [-0.2, 0) is 11.2 Å². The zero-order valence-corrected chi connectivity index (χ0v) is 15.4. The van der Waals surface area contributed by atoms with Crippen molar-refractivity contribution in [3.05, 3.63) is 57.4 Å². The van der Waals surface area contributed by atoms with E-state index in [0.717, 1.165) is 17.7 Å². The molecule has 0 bridgehead atoms. The first-order valence-corrected chi connectivity index (χ1v) is 9.00. The second-order valence-corrected chi connectivity index (χ2v) is 7.06. The van der Waals surface area contributed by atoms with Gasteiger partial charge in [0.2, 0.25) is 0 Å². The van der Waals surface area contributed by atoms with E-state index in [0.29, 0.717) is 34.7 Å². The zero-order valence-electron chi connectivity index (χ0n) is 14.7. The van der Waals surface area contributed by atoms with Crippen LogP contribution in [0.1, 0.15) is 70.3 Å². The Morgan fingerprint density at radius 2 is 2.08 bits per heavy atom. The highest BCUT2D eigenvalue weighted by Crippen LogP contribution is 2.37. The highest BCUT2D eigenvalue weighted by molar-refractivity contribution is 6.31. The summed E-state index contributed by atoms with van der Waals surface area (Å²) in [6.07, 6.45) is 1.65. The third-order valence-electron chi connectivity index (χ3n) is 4.92. The van der Waals surface area contributed by atoms with E-state index >= 15 is 0 Å². The van der Waals surface area contributed by atoms with Gasteiger partial charge in [0.25, 0.3) is 0 Å². The number of hydrogen-bond acceptors (Lipinski definition) is 3. The predicted molar refractivity (Wildman–Crippen MR) is 97.5 cm³/mol.